The monoisotopic (exact) mass is 478 g/mol. The lowest BCUT2D eigenvalue weighted by Gasteiger charge is -2.14. The molecule has 6 nitrogen and oxygen atoms in total. The molecular formula is C27H30N2O4S. The second-order valence-corrected chi connectivity index (χ2v) is 9.15. The molecule has 1 aromatic heterocycles. The lowest BCUT2D eigenvalue weighted by molar-refractivity contribution is 0.102. The third-order valence-corrected chi connectivity index (χ3v) is 7.28. The first-order valence-corrected chi connectivity index (χ1v) is 12.3. The highest BCUT2D eigenvalue weighted by atomic mass is 32.1. The maximum absolute atomic E-state index is 13.5. The number of thiophene rings is 1. The van der Waals surface area contributed by atoms with Crippen LogP contribution in [0.1, 0.15) is 51.7 Å². The third-order valence-electron chi connectivity index (χ3n) is 6.08. The van der Waals surface area contributed by atoms with Crippen LogP contribution in [0.3, 0.4) is 0 Å². The molecule has 1 aliphatic rings. The Balaban J connectivity index is 1.73. The number of benzene rings is 2. The number of hydrogen-bond donors (Lipinski definition) is 1. The van der Waals surface area contributed by atoms with Gasteiger partial charge in [0.25, 0.3) is 5.91 Å². The zero-order chi connectivity index (χ0) is 24.1. The number of fused-ring (bicyclic) bond motifs is 1. The van der Waals surface area contributed by atoms with E-state index in [2.05, 4.69) is 12.2 Å². The zero-order valence-corrected chi connectivity index (χ0v) is 20.9. The Bertz CT molecular complexity index is 1220. The molecule has 0 atom stereocenters. The van der Waals surface area contributed by atoms with E-state index in [1.165, 1.54) is 4.88 Å². The quantitative estimate of drug-likeness (QED) is 0.390. The summed E-state index contributed by atoms with van der Waals surface area (Å²) < 4.78 is 16.4. The van der Waals surface area contributed by atoms with Gasteiger partial charge >= 0.3 is 0 Å². The SMILES string of the molecule is CCc1ccccc1NC(=O)c1c(N=Cc2cc(OC)c(OC)cc2OC)sc2c1CCCC2. The number of carbonyl (C=O) groups excluding carboxylic acids is 1. The molecule has 1 heterocycles. The van der Waals surface area contributed by atoms with Gasteiger partial charge in [-0.05, 0) is 55.4 Å². The minimum absolute atomic E-state index is 0.105. The number of carbonyl (C=O) groups is 1. The summed E-state index contributed by atoms with van der Waals surface area (Å²) in [7, 11) is 4.78. The van der Waals surface area contributed by atoms with Crippen molar-refractivity contribution < 1.29 is 19.0 Å². The second-order valence-electron chi connectivity index (χ2n) is 8.06. The molecule has 0 unspecified atom stereocenters. The van der Waals surface area contributed by atoms with E-state index in [0.29, 0.717) is 22.8 Å². The van der Waals surface area contributed by atoms with E-state index in [-0.39, 0.29) is 5.91 Å². The number of amides is 1. The van der Waals surface area contributed by atoms with Crippen molar-refractivity contribution in [2.75, 3.05) is 26.6 Å². The fourth-order valence-corrected chi connectivity index (χ4v) is 5.52. The molecule has 34 heavy (non-hydrogen) atoms. The van der Waals surface area contributed by atoms with E-state index in [0.717, 1.165) is 59.5 Å². The zero-order valence-electron chi connectivity index (χ0n) is 20.1. The Morgan fingerprint density at radius 1 is 1.03 bits per heavy atom. The van der Waals surface area contributed by atoms with Gasteiger partial charge in [0, 0.05) is 28.4 Å². The maximum atomic E-state index is 13.5. The molecule has 0 bridgehead atoms. The van der Waals surface area contributed by atoms with Gasteiger partial charge in [-0.25, -0.2) is 4.99 Å². The fraction of sp³-hybridized carbons (Fsp3) is 0.333. The van der Waals surface area contributed by atoms with E-state index >= 15 is 0 Å². The van der Waals surface area contributed by atoms with Gasteiger partial charge in [-0.15, -0.1) is 11.3 Å². The normalized spacial score (nSPS) is 12.9. The Labute approximate surface area is 204 Å². The Morgan fingerprint density at radius 3 is 2.47 bits per heavy atom. The van der Waals surface area contributed by atoms with Gasteiger partial charge < -0.3 is 19.5 Å². The number of nitrogens with zero attached hydrogens (tertiary/aromatic N) is 1. The van der Waals surface area contributed by atoms with Crippen LogP contribution >= 0.6 is 11.3 Å². The smallest absolute Gasteiger partial charge is 0.259 e. The molecule has 178 valence electrons. The number of methoxy groups -OCH3 is 3. The molecule has 0 saturated carbocycles. The van der Waals surface area contributed by atoms with E-state index in [4.69, 9.17) is 19.2 Å². The van der Waals surface area contributed by atoms with Crippen LogP contribution in [0.25, 0.3) is 0 Å². The summed E-state index contributed by atoms with van der Waals surface area (Å²) in [4.78, 5) is 19.6. The summed E-state index contributed by atoms with van der Waals surface area (Å²) in [5, 5.41) is 3.86. The number of anilines is 1. The molecule has 0 aliphatic heterocycles. The summed E-state index contributed by atoms with van der Waals surface area (Å²) in [6.07, 6.45) is 6.69. The molecule has 1 aliphatic carbocycles. The Kier molecular flexibility index (Phi) is 7.53. The summed E-state index contributed by atoms with van der Waals surface area (Å²) in [5.74, 6) is 1.68. The lowest BCUT2D eigenvalue weighted by atomic mass is 9.95. The molecule has 1 amide bonds. The van der Waals surface area contributed by atoms with Gasteiger partial charge in [0.2, 0.25) is 0 Å². The minimum atomic E-state index is -0.105. The molecule has 2 aromatic carbocycles. The Morgan fingerprint density at radius 2 is 1.74 bits per heavy atom. The summed E-state index contributed by atoms with van der Waals surface area (Å²) in [6, 6.07) is 11.5. The number of rotatable bonds is 8. The molecule has 0 spiro atoms. The lowest BCUT2D eigenvalue weighted by Crippen LogP contribution is -2.15. The highest BCUT2D eigenvalue weighted by Crippen LogP contribution is 2.41. The van der Waals surface area contributed by atoms with Crippen LogP contribution in [0, 0.1) is 0 Å². The van der Waals surface area contributed by atoms with Crippen molar-refractivity contribution >= 4 is 34.1 Å². The predicted molar refractivity (Wildman–Crippen MR) is 138 cm³/mol. The predicted octanol–water partition coefficient (Wildman–Crippen LogP) is 6.22. The van der Waals surface area contributed by atoms with Gasteiger partial charge in [-0.2, -0.15) is 0 Å². The molecule has 3 aromatic rings. The van der Waals surface area contributed by atoms with Crippen molar-refractivity contribution in [2.24, 2.45) is 4.99 Å². The summed E-state index contributed by atoms with van der Waals surface area (Å²) >= 11 is 1.61. The van der Waals surface area contributed by atoms with E-state index < -0.39 is 0 Å². The first kappa shape index (κ1) is 23.8. The molecule has 1 N–H and O–H groups in total. The van der Waals surface area contributed by atoms with E-state index in [9.17, 15) is 4.79 Å². The van der Waals surface area contributed by atoms with Gasteiger partial charge in [0.1, 0.15) is 10.8 Å². The van der Waals surface area contributed by atoms with Crippen molar-refractivity contribution in [3.05, 3.63) is 63.5 Å². The van der Waals surface area contributed by atoms with Crippen LogP contribution in [0.15, 0.2) is 41.4 Å². The van der Waals surface area contributed by atoms with Crippen molar-refractivity contribution in [3.63, 3.8) is 0 Å². The molecule has 0 radical (unpaired) electrons. The number of ether oxygens (including phenoxy) is 3. The fourth-order valence-electron chi connectivity index (χ4n) is 4.29. The molecule has 0 fully saturated rings. The van der Waals surface area contributed by atoms with Gasteiger partial charge in [-0.1, -0.05) is 25.1 Å². The summed E-state index contributed by atoms with van der Waals surface area (Å²) in [5.41, 5.74) is 4.52. The van der Waals surface area contributed by atoms with E-state index in [1.807, 2.05) is 30.3 Å². The van der Waals surface area contributed by atoms with E-state index in [1.54, 1.807) is 44.9 Å². The Hall–Kier alpha value is -3.32. The average molecular weight is 479 g/mol. The largest absolute Gasteiger partial charge is 0.496 e. The second kappa shape index (κ2) is 10.7. The number of hydrogen-bond acceptors (Lipinski definition) is 6. The van der Waals surface area contributed by atoms with Crippen LogP contribution in [-0.4, -0.2) is 33.5 Å². The van der Waals surface area contributed by atoms with Crippen LogP contribution in [0.4, 0.5) is 10.7 Å². The minimum Gasteiger partial charge on any atom is -0.496 e. The first-order chi connectivity index (χ1) is 16.6. The van der Waals surface area contributed by atoms with Crippen LogP contribution in [0.5, 0.6) is 17.2 Å². The van der Waals surface area contributed by atoms with Gasteiger partial charge in [-0.3, -0.25) is 4.79 Å². The van der Waals surface area contributed by atoms with Crippen molar-refractivity contribution in [1.29, 1.82) is 0 Å². The first-order valence-electron chi connectivity index (χ1n) is 11.5. The van der Waals surface area contributed by atoms with Gasteiger partial charge in [0.15, 0.2) is 11.5 Å². The third kappa shape index (κ3) is 4.80. The summed E-state index contributed by atoms with van der Waals surface area (Å²) in [6.45, 7) is 2.09. The highest BCUT2D eigenvalue weighted by molar-refractivity contribution is 7.16. The van der Waals surface area contributed by atoms with Gasteiger partial charge in [0.05, 0.1) is 26.9 Å². The molecular weight excluding hydrogens is 448 g/mol. The van der Waals surface area contributed by atoms with Crippen LogP contribution in [0.2, 0.25) is 0 Å². The van der Waals surface area contributed by atoms with Crippen LogP contribution in [-0.2, 0) is 19.3 Å². The number of para-hydroxylation sites is 1. The van der Waals surface area contributed by atoms with Crippen LogP contribution < -0.4 is 19.5 Å². The number of aryl methyl sites for hydroxylation is 2. The topological polar surface area (TPSA) is 69.2 Å². The highest BCUT2D eigenvalue weighted by Gasteiger charge is 2.25. The number of nitrogens with one attached hydrogen (secondary N) is 1. The maximum Gasteiger partial charge on any atom is 0.259 e. The molecule has 0 saturated heterocycles. The standard InChI is InChI=1S/C27H30N2O4S/c1-5-17-10-6-8-12-20(17)29-26(30)25-19-11-7-9-13-24(19)34-27(25)28-16-18-14-22(32-3)23(33-4)15-21(18)31-2/h6,8,10,12,14-16H,5,7,9,11,13H2,1-4H3,(H,29,30). The molecule has 7 heteroatoms. The average Bonchev–Trinajstić information content (AvgIpc) is 3.25. The van der Waals surface area contributed by atoms with Crippen molar-refractivity contribution in [2.45, 2.75) is 39.0 Å². The molecule has 4 rings (SSSR count). The number of aliphatic imine (C=N–C) groups is 1. The van der Waals surface area contributed by atoms with Crippen molar-refractivity contribution in [1.82, 2.24) is 0 Å². The van der Waals surface area contributed by atoms with Crippen molar-refractivity contribution in [3.8, 4) is 17.2 Å².